The summed E-state index contributed by atoms with van der Waals surface area (Å²) < 4.78 is 0. The van der Waals surface area contributed by atoms with Crippen molar-refractivity contribution in [3.05, 3.63) is 0 Å². The lowest BCUT2D eigenvalue weighted by molar-refractivity contribution is -0.119. The van der Waals surface area contributed by atoms with E-state index in [9.17, 15) is 4.79 Å². The van der Waals surface area contributed by atoms with E-state index in [-0.39, 0.29) is 7.33 Å². The van der Waals surface area contributed by atoms with Crippen LogP contribution >= 0.6 is 0 Å². The molecule has 1 saturated heterocycles. The molecule has 3 nitrogen and oxygen atoms in total. The maximum Gasteiger partial charge on any atom is 0.217 e. The standard InChI is InChI=1S/C6H12N2O.C3H8.H2/c1-5(9)8-6-2-3-7-4-6;1-3-2;/h6-7H,2-4H2,1H3,(H,8,9);3H2,1-2H3;1H. The van der Waals surface area contributed by atoms with E-state index in [4.69, 9.17) is 0 Å². The number of hydrogen-bond acceptors (Lipinski definition) is 2. The van der Waals surface area contributed by atoms with Crippen molar-refractivity contribution in [2.75, 3.05) is 13.1 Å². The van der Waals surface area contributed by atoms with Crippen molar-refractivity contribution >= 4 is 5.91 Å². The number of amides is 1. The minimum Gasteiger partial charge on any atom is -0.352 e. The summed E-state index contributed by atoms with van der Waals surface area (Å²) in [6.07, 6.45) is 2.32. The molecular weight excluding hydrogens is 152 g/mol. The second kappa shape index (κ2) is 7.10. The molecule has 1 unspecified atom stereocenters. The minimum absolute atomic E-state index is 0. The van der Waals surface area contributed by atoms with Crippen LogP contribution in [-0.2, 0) is 4.79 Å². The van der Waals surface area contributed by atoms with Crippen LogP contribution in [0, 0.1) is 0 Å². The van der Waals surface area contributed by atoms with Crippen molar-refractivity contribution in [3.8, 4) is 0 Å². The molecule has 0 aromatic rings. The first-order chi connectivity index (χ1) is 5.70. The van der Waals surface area contributed by atoms with Crippen LogP contribution < -0.4 is 10.6 Å². The number of carbonyl (C=O) groups is 1. The smallest absolute Gasteiger partial charge is 0.217 e. The van der Waals surface area contributed by atoms with Crippen molar-refractivity contribution < 1.29 is 6.22 Å². The van der Waals surface area contributed by atoms with Gasteiger partial charge < -0.3 is 10.6 Å². The maximum atomic E-state index is 10.5. The van der Waals surface area contributed by atoms with E-state index in [0.717, 1.165) is 19.5 Å². The zero-order chi connectivity index (χ0) is 9.40. The third-order valence-corrected chi connectivity index (χ3v) is 1.47. The van der Waals surface area contributed by atoms with E-state index in [1.54, 1.807) is 6.92 Å². The molecular formula is C9H22N2O. The highest BCUT2D eigenvalue weighted by atomic mass is 16.1. The first-order valence-electron chi connectivity index (χ1n) is 4.68. The average molecular weight is 174 g/mol. The Morgan fingerprint density at radius 3 is 2.58 bits per heavy atom. The van der Waals surface area contributed by atoms with Gasteiger partial charge in [0.1, 0.15) is 0 Å². The van der Waals surface area contributed by atoms with Gasteiger partial charge in [-0.05, 0) is 13.0 Å². The molecule has 1 fully saturated rings. The Kier molecular flexibility index (Phi) is 6.76. The van der Waals surface area contributed by atoms with Crippen LogP contribution in [-0.4, -0.2) is 25.0 Å². The molecule has 1 atom stereocenters. The zero-order valence-electron chi connectivity index (χ0n) is 8.31. The number of carbonyl (C=O) groups excluding carboxylic acids is 1. The Morgan fingerprint density at radius 2 is 2.25 bits per heavy atom. The van der Waals surface area contributed by atoms with E-state index in [1.165, 1.54) is 6.42 Å². The maximum absolute atomic E-state index is 10.5. The zero-order valence-corrected chi connectivity index (χ0v) is 8.31. The number of rotatable bonds is 1. The summed E-state index contributed by atoms with van der Waals surface area (Å²) >= 11 is 0. The molecule has 0 radical (unpaired) electrons. The third kappa shape index (κ3) is 6.16. The Bertz CT molecular complexity index is 125. The Morgan fingerprint density at radius 1 is 1.67 bits per heavy atom. The van der Waals surface area contributed by atoms with Crippen LogP contribution in [0.15, 0.2) is 0 Å². The largest absolute Gasteiger partial charge is 0.352 e. The highest BCUT2D eigenvalue weighted by Gasteiger charge is 2.13. The fourth-order valence-corrected chi connectivity index (χ4v) is 1.07. The highest BCUT2D eigenvalue weighted by molar-refractivity contribution is 5.73. The van der Waals surface area contributed by atoms with Crippen LogP contribution in [0.4, 0.5) is 0 Å². The van der Waals surface area contributed by atoms with Gasteiger partial charge >= 0.3 is 0 Å². The molecule has 0 aromatic carbocycles. The van der Waals surface area contributed by atoms with Gasteiger partial charge in [0, 0.05) is 20.9 Å². The summed E-state index contributed by atoms with van der Waals surface area (Å²) in [6, 6.07) is 0.377. The molecule has 1 rings (SSSR count). The van der Waals surface area contributed by atoms with Crippen molar-refractivity contribution in [1.29, 1.82) is 0 Å². The van der Waals surface area contributed by atoms with Crippen LogP contribution in [0.2, 0.25) is 0 Å². The molecule has 1 amide bonds. The molecule has 3 heteroatoms. The van der Waals surface area contributed by atoms with Crippen molar-refractivity contribution in [3.63, 3.8) is 0 Å². The third-order valence-electron chi connectivity index (χ3n) is 1.47. The highest BCUT2D eigenvalue weighted by Crippen LogP contribution is 1.95. The first kappa shape index (κ1) is 11.4. The van der Waals surface area contributed by atoms with Crippen LogP contribution in [0.5, 0.6) is 0 Å². The molecule has 0 bridgehead atoms. The van der Waals surface area contributed by atoms with Crippen molar-refractivity contribution in [2.24, 2.45) is 0 Å². The summed E-state index contributed by atoms with van der Waals surface area (Å²) in [4.78, 5) is 10.5. The van der Waals surface area contributed by atoms with Crippen LogP contribution in [0.3, 0.4) is 0 Å². The average Bonchev–Trinajstić information content (AvgIpc) is 2.40. The Balaban J connectivity index is 0. The molecule has 0 saturated carbocycles. The normalized spacial score (nSPS) is 21.1. The van der Waals surface area contributed by atoms with E-state index in [0.29, 0.717) is 6.04 Å². The summed E-state index contributed by atoms with van der Waals surface area (Å²) in [5.74, 6) is 0.0729. The molecule has 1 aliphatic rings. The first-order valence-corrected chi connectivity index (χ1v) is 4.68. The van der Waals surface area contributed by atoms with Gasteiger partial charge in [-0.25, -0.2) is 0 Å². The molecule has 12 heavy (non-hydrogen) atoms. The van der Waals surface area contributed by atoms with Gasteiger partial charge in [0.15, 0.2) is 0 Å². The topological polar surface area (TPSA) is 41.1 Å². The molecule has 1 heterocycles. The lowest BCUT2D eigenvalue weighted by Gasteiger charge is -2.07. The quantitative estimate of drug-likeness (QED) is 0.626. The number of hydrogen-bond donors (Lipinski definition) is 2. The summed E-state index contributed by atoms with van der Waals surface area (Å²) in [5, 5.41) is 6.00. The van der Waals surface area contributed by atoms with Gasteiger partial charge in [-0.15, -0.1) is 0 Å². The molecule has 0 aromatic heterocycles. The van der Waals surface area contributed by atoms with Gasteiger partial charge in [-0.2, -0.15) is 0 Å². The SMILES string of the molecule is CC(=O)NC1CCNC1.CCC.[HH]. The lowest BCUT2D eigenvalue weighted by atomic mass is 10.3. The molecule has 0 aliphatic carbocycles. The van der Waals surface area contributed by atoms with Crippen LogP contribution in [0.25, 0.3) is 0 Å². The van der Waals surface area contributed by atoms with E-state index in [2.05, 4.69) is 24.5 Å². The van der Waals surface area contributed by atoms with E-state index >= 15 is 0 Å². The predicted octanol–water partition coefficient (Wildman–Crippen LogP) is 1.15. The Hall–Kier alpha value is -0.570. The fraction of sp³-hybridized carbons (Fsp3) is 0.889. The second-order valence-electron chi connectivity index (χ2n) is 3.10. The minimum atomic E-state index is 0. The number of nitrogens with one attached hydrogen (secondary N) is 2. The van der Waals surface area contributed by atoms with E-state index < -0.39 is 0 Å². The lowest BCUT2D eigenvalue weighted by Crippen LogP contribution is -2.34. The van der Waals surface area contributed by atoms with Crippen molar-refractivity contribution in [1.82, 2.24) is 10.6 Å². The second-order valence-corrected chi connectivity index (χ2v) is 3.10. The van der Waals surface area contributed by atoms with Gasteiger partial charge in [0.05, 0.1) is 0 Å². The van der Waals surface area contributed by atoms with Crippen LogP contribution in [0.1, 0.15) is 35.0 Å². The molecule has 2 N–H and O–H groups in total. The fourth-order valence-electron chi connectivity index (χ4n) is 1.07. The van der Waals surface area contributed by atoms with Gasteiger partial charge in [-0.3, -0.25) is 4.79 Å². The van der Waals surface area contributed by atoms with Gasteiger partial charge in [0.2, 0.25) is 5.91 Å². The van der Waals surface area contributed by atoms with E-state index in [1.807, 2.05) is 0 Å². The summed E-state index contributed by atoms with van der Waals surface area (Å²) in [7, 11) is 0. The predicted molar refractivity (Wildman–Crippen MR) is 53.2 cm³/mol. The molecule has 74 valence electrons. The van der Waals surface area contributed by atoms with Gasteiger partial charge in [0.25, 0.3) is 0 Å². The van der Waals surface area contributed by atoms with Crippen molar-refractivity contribution in [2.45, 2.75) is 39.7 Å². The summed E-state index contributed by atoms with van der Waals surface area (Å²) in [6.45, 7) is 7.77. The Labute approximate surface area is 76.4 Å². The monoisotopic (exact) mass is 174 g/mol. The molecule has 0 spiro atoms. The summed E-state index contributed by atoms with van der Waals surface area (Å²) in [5.41, 5.74) is 0. The molecule has 1 aliphatic heterocycles. The van der Waals surface area contributed by atoms with Gasteiger partial charge in [-0.1, -0.05) is 20.3 Å².